The number of carboxylic acid groups (broad SMARTS) is 1. The van der Waals surface area contributed by atoms with Gasteiger partial charge in [0.05, 0.1) is 19.3 Å². The lowest BCUT2D eigenvalue weighted by atomic mass is 9.86. The van der Waals surface area contributed by atoms with Gasteiger partial charge < -0.3 is 24.3 Å². The normalized spacial score (nSPS) is 17.1. The smallest absolute Gasteiger partial charge is 0.411 e. The van der Waals surface area contributed by atoms with Gasteiger partial charge >= 0.3 is 6.09 Å². The van der Waals surface area contributed by atoms with E-state index in [1.807, 2.05) is 48.5 Å². The van der Waals surface area contributed by atoms with Crippen LogP contribution in [-0.4, -0.2) is 42.9 Å². The van der Waals surface area contributed by atoms with Crippen LogP contribution in [0.3, 0.4) is 0 Å². The molecule has 0 spiro atoms. The Balaban J connectivity index is 1.19. The van der Waals surface area contributed by atoms with Crippen molar-refractivity contribution in [3.63, 3.8) is 0 Å². The van der Waals surface area contributed by atoms with Gasteiger partial charge in [0.1, 0.15) is 6.09 Å². The van der Waals surface area contributed by atoms with Crippen molar-refractivity contribution in [1.29, 1.82) is 0 Å². The summed E-state index contributed by atoms with van der Waals surface area (Å²) in [5, 5.41) is 16.6. The van der Waals surface area contributed by atoms with E-state index in [1.54, 1.807) is 12.1 Å². The third-order valence-electron chi connectivity index (χ3n) is 7.15. The molecule has 200 valence electrons. The van der Waals surface area contributed by atoms with E-state index in [1.165, 1.54) is 10.3 Å². The van der Waals surface area contributed by atoms with Crippen LogP contribution in [-0.2, 0) is 22.5 Å². The maximum atomic E-state index is 12.0. The molecule has 1 aliphatic heterocycles. The van der Waals surface area contributed by atoms with Crippen LogP contribution in [0.15, 0.2) is 97.1 Å². The van der Waals surface area contributed by atoms with Crippen molar-refractivity contribution in [3.8, 4) is 0 Å². The number of hydrogen-bond donors (Lipinski definition) is 1. The van der Waals surface area contributed by atoms with E-state index in [2.05, 4.69) is 41.7 Å². The first kappa shape index (κ1) is 26.3. The topological polar surface area (TPSA) is 90.9 Å². The number of anilines is 1. The molecule has 0 radical (unpaired) electrons. The van der Waals surface area contributed by atoms with Crippen molar-refractivity contribution in [1.82, 2.24) is 4.90 Å². The molecule has 1 saturated heterocycles. The SMILES string of the molecule is O=C(Nc1ccccc1)OCCc1ccc(C2CCN(C(=O)[O-])CC2OCc2ccc3ccccc3c2)cc1. The first-order chi connectivity index (χ1) is 19.0. The molecule has 2 amide bonds. The standard InChI is InChI=1S/C32H32N2O5/c35-31(33-28-8-2-1-3-9-28)38-19-17-23-10-14-26(15-11-23)29-16-18-34(32(36)37)21-30(29)39-22-24-12-13-25-6-4-5-7-27(25)20-24/h1-15,20,29-30H,16-19,21-22H2,(H,33,35)(H,36,37)/p-1. The number of benzene rings is 4. The van der Waals surface area contributed by atoms with Gasteiger partial charge in [-0.1, -0.05) is 78.9 Å². The van der Waals surface area contributed by atoms with Crippen LogP contribution >= 0.6 is 0 Å². The first-order valence-corrected chi connectivity index (χ1v) is 13.2. The number of carbonyl (C=O) groups excluding carboxylic acids is 2. The van der Waals surface area contributed by atoms with Gasteiger partial charge in [-0.05, 0) is 52.1 Å². The number of fused-ring (bicyclic) bond motifs is 1. The number of piperidine rings is 1. The summed E-state index contributed by atoms with van der Waals surface area (Å²) in [6.07, 6.45) is -0.700. The number of nitrogens with one attached hydrogen (secondary N) is 1. The summed E-state index contributed by atoms with van der Waals surface area (Å²) in [6, 6.07) is 31.8. The molecule has 7 heteroatoms. The quantitative estimate of drug-likeness (QED) is 0.336. The monoisotopic (exact) mass is 523 g/mol. The fourth-order valence-electron chi connectivity index (χ4n) is 5.03. The van der Waals surface area contributed by atoms with Crippen molar-refractivity contribution in [2.45, 2.75) is 31.5 Å². The molecule has 0 saturated carbocycles. The number of para-hydroxylation sites is 1. The number of likely N-dealkylation sites (tertiary alicyclic amines) is 1. The van der Waals surface area contributed by atoms with E-state index < -0.39 is 12.2 Å². The highest BCUT2D eigenvalue weighted by Crippen LogP contribution is 2.31. The second-order valence-electron chi connectivity index (χ2n) is 9.76. The van der Waals surface area contributed by atoms with Gasteiger partial charge in [0.2, 0.25) is 0 Å². The average Bonchev–Trinajstić information content (AvgIpc) is 2.97. The van der Waals surface area contributed by atoms with Crippen molar-refractivity contribution in [3.05, 3.63) is 114 Å². The molecule has 1 heterocycles. The molecule has 0 aromatic heterocycles. The Morgan fingerprint density at radius 2 is 1.59 bits per heavy atom. The predicted molar refractivity (Wildman–Crippen MR) is 148 cm³/mol. The Morgan fingerprint density at radius 1 is 0.872 bits per heavy atom. The summed E-state index contributed by atoms with van der Waals surface area (Å²) in [6.45, 7) is 1.34. The van der Waals surface area contributed by atoms with Crippen LogP contribution < -0.4 is 10.4 Å². The number of ether oxygens (including phenoxy) is 2. The van der Waals surface area contributed by atoms with Crippen molar-refractivity contribution in [2.24, 2.45) is 0 Å². The minimum atomic E-state index is -1.17. The summed E-state index contributed by atoms with van der Waals surface area (Å²) < 4.78 is 11.6. The maximum Gasteiger partial charge on any atom is 0.411 e. The van der Waals surface area contributed by atoms with Crippen LogP contribution in [0.4, 0.5) is 15.3 Å². The lowest BCUT2D eigenvalue weighted by Crippen LogP contribution is -2.51. The van der Waals surface area contributed by atoms with Gasteiger partial charge in [-0.3, -0.25) is 5.32 Å². The van der Waals surface area contributed by atoms with Crippen LogP contribution in [0, 0.1) is 0 Å². The molecule has 1 aliphatic rings. The lowest BCUT2D eigenvalue weighted by Gasteiger charge is -2.40. The maximum absolute atomic E-state index is 12.0. The van der Waals surface area contributed by atoms with E-state index in [0.29, 0.717) is 31.7 Å². The Hall–Kier alpha value is -4.36. The van der Waals surface area contributed by atoms with Gasteiger partial charge in [-0.25, -0.2) is 4.79 Å². The molecule has 1 N–H and O–H groups in total. The summed E-state index contributed by atoms with van der Waals surface area (Å²) in [4.78, 5) is 24.9. The Morgan fingerprint density at radius 3 is 2.36 bits per heavy atom. The first-order valence-electron chi connectivity index (χ1n) is 13.2. The predicted octanol–water partition coefficient (Wildman–Crippen LogP) is 5.35. The molecule has 0 aliphatic carbocycles. The molecular weight excluding hydrogens is 492 g/mol. The van der Waals surface area contributed by atoms with Crippen molar-refractivity contribution in [2.75, 3.05) is 25.0 Å². The second kappa shape index (κ2) is 12.5. The summed E-state index contributed by atoms with van der Waals surface area (Å²) in [7, 11) is 0. The average molecular weight is 524 g/mol. The third-order valence-corrected chi connectivity index (χ3v) is 7.15. The highest BCUT2D eigenvalue weighted by atomic mass is 16.5. The van der Waals surface area contributed by atoms with Crippen LogP contribution in [0.2, 0.25) is 0 Å². The fraction of sp³-hybridized carbons (Fsp3) is 0.250. The van der Waals surface area contributed by atoms with E-state index in [0.717, 1.165) is 22.1 Å². The van der Waals surface area contributed by atoms with E-state index in [-0.39, 0.29) is 25.2 Å². The minimum Gasteiger partial charge on any atom is -0.530 e. The Kier molecular flexibility index (Phi) is 8.39. The summed E-state index contributed by atoms with van der Waals surface area (Å²) in [5.74, 6) is 0.0583. The van der Waals surface area contributed by atoms with E-state index in [4.69, 9.17) is 9.47 Å². The molecule has 39 heavy (non-hydrogen) atoms. The van der Waals surface area contributed by atoms with Gasteiger partial charge in [0.15, 0.2) is 0 Å². The van der Waals surface area contributed by atoms with Crippen LogP contribution in [0.1, 0.15) is 29.0 Å². The number of nitrogens with zero attached hydrogens (tertiary/aromatic N) is 1. The zero-order valence-electron chi connectivity index (χ0n) is 21.6. The van der Waals surface area contributed by atoms with E-state index in [9.17, 15) is 14.7 Å². The number of carbonyl (C=O) groups is 2. The molecule has 2 atom stereocenters. The lowest BCUT2D eigenvalue weighted by molar-refractivity contribution is -0.268. The Labute approximate surface area is 228 Å². The second-order valence-corrected chi connectivity index (χ2v) is 9.76. The minimum absolute atomic E-state index is 0.0583. The van der Waals surface area contributed by atoms with Gasteiger partial charge in [-0.15, -0.1) is 0 Å². The fourth-order valence-corrected chi connectivity index (χ4v) is 5.03. The number of hydrogen-bond acceptors (Lipinski definition) is 5. The number of rotatable bonds is 8. The van der Waals surface area contributed by atoms with Gasteiger partial charge in [0, 0.05) is 31.1 Å². The molecular formula is C32H31N2O5-. The highest BCUT2D eigenvalue weighted by molar-refractivity contribution is 5.84. The molecule has 2 unspecified atom stereocenters. The molecule has 7 nitrogen and oxygen atoms in total. The van der Waals surface area contributed by atoms with Crippen molar-refractivity contribution < 1.29 is 24.2 Å². The molecule has 4 aromatic rings. The summed E-state index contributed by atoms with van der Waals surface area (Å²) >= 11 is 0. The number of amides is 2. The molecule has 4 aromatic carbocycles. The molecule has 1 fully saturated rings. The van der Waals surface area contributed by atoms with Crippen LogP contribution in [0.5, 0.6) is 0 Å². The third kappa shape index (κ3) is 6.94. The molecule has 5 rings (SSSR count). The highest BCUT2D eigenvalue weighted by Gasteiger charge is 2.31. The molecule has 0 bridgehead atoms. The zero-order valence-corrected chi connectivity index (χ0v) is 21.6. The van der Waals surface area contributed by atoms with Crippen LogP contribution in [0.25, 0.3) is 10.8 Å². The van der Waals surface area contributed by atoms with Crippen molar-refractivity contribution >= 4 is 28.6 Å². The Bertz CT molecular complexity index is 1410. The largest absolute Gasteiger partial charge is 0.530 e. The zero-order chi connectivity index (χ0) is 27.0. The van der Waals surface area contributed by atoms with Gasteiger partial charge in [-0.2, -0.15) is 0 Å². The van der Waals surface area contributed by atoms with E-state index >= 15 is 0 Å². The summed E-state index contributed by atoms with van der Waals surface area (Å²) in [5.41, 5.74) is 3.88. The van der Waals surface area contributed by atoms with Gasteiger partial charge in [0.25, 0.3) is 0 Å².